The van der Waals surface area contributed by atoms with Crippen molar-refractivity contribution in [2.75, 3.05) is 7.05 Å². The van der Waals surface area contributed by atoms with Gasteiger partial charge in [0.1, 0.15) is 5.75 Å². The fourth-order valence-electron chi connectivity index (χ4n) is 1.63. The number of benzene rings is 2. The van der Waals surface area contributed by atoms with E-state index in [0.717, 1.165) is 16.3 Å². The summed E-state index contributed by atoms with van der Waals surface area (Å²) in [5.41, 5.74) is 0.947. The first-order valence-corrected chi connectivity index (χ1v) is 5.10. The monoisotopic (exact) mass is 215 g/mol. The largest absolute Gasteiger partial charge is 0.412 e. The van der Waals surface area contributed by atoms with Crippen LogP contribution in [0.4, 0.5) is 4.79 Å². The molecule has 0 aromatic heterocycles. The van der Waals surface area contributed by atoms with E-state index in [9.17, 15) is 4.79 Å². The molecule has 0 unspecified atom stereocenters. The molecule has 16 heavy (non-hydrogen) atoms. The highest BCUT2D eigenvalue weighted by molar-refractivity contribution is 5.91. The van der Waals surface area contributed by atoms with Crippen molar-refractivity contribution < 1.29 is 9.53 Å². The summed E-state index contributed by atoms with van der Waals surface area (Å²) < 4.78 is 5.26. The molecular formula is C13H13NO2. The lowest BCUT2D eigenvalue weighted by molar-refractivity contribution is 0.203. The maximum absolute atomic E-state index is 11.2. The zero-order valence-electron chi connectivity index (χ0n) is 9.28. The third kappa shape index (κ3) is 1.84. The molecule has 0 bridgehead atoms. The van der Waals surface area contributed by atoms with Crippen LogP contribution < -0.4 is 10.1 Å². The average Bonchev–Trinajstić information content (AvgIpc) is 2.32. The van der Waals surface area contributed by atoms with Crippen molar-refractivity contribution in [1.82, 2.24) is 5.32 Å². The number of ether oxygens (including phenoxy) is 1. The van der Waals surface area contributed by atoms with Gasteiger partial charge < -0.3 is 10.1 Å². The highest BCUT2D eigenvalue weighted by Gasteiger charge is 2.09. The molecule has 0 spiro atoms. The zero-order chi connectivity index (χ0) is 11.5. The second-order valence-electron chi connectivity index (χ2n) is 3.57. The van der Waals surface area contributed by atoms with Crippen molar-refractivity contribution in [3.8, 4) is 5.75 Å². The van der Waals surface area contributed by atoms with E-state index < -0.39 is 6.09 Å². The molecule has 2 aromatic rings. The first kappa shape index (κ1) is 10.5. The van der Waals surface area contributed by atoms with Crippen LogP contribution in [0.3, 0.4) is 0 Å². The standard InChI is InChI=1S/C13H13NO2/c1-9-7-8-10-5-3-4-6-11(10)12(9)16-13(15)14-2/h3-8H,1-2H3,(H,14,15). The Morgan fingerprint density at radius 1 is 1.19 bits per heavy atom. The van der Waals surface area contributed by atoms with Gasteiger partial charge in [-0.25, -0.2) is 4.79 Å². The topological polar surface area (TPSA) is 38.3 Å². The molecule has 0 aliphatic rings. The summed E-state index contributed by atoms with van der Waals surface area (Å²) in [6, 6.07) is 11.8. The van der Waals surface area contributed by atoms with Crippen molar-refractivity contribution >= 4 is 16.9 Å². The van der Waals surface area contributed by atoms with E-state index >= 15 is 0 Å². The number of fused-ring (bicyclic) bond motifs is 1. The molecule has 3 nitrogen and oxygen atoms in total. The first-order chi connectivity index (χ1) is 7.72. The number of hydrogen-bond donors (Lipinski definition) is 1. The molecule has 2 aromatic carbocycles. The summed E-state index contributed by atoms with van der Waals surface area (Å²) >= 11 is 0. The van der Waals surface area contributed by atoms with Crippen molar-refractivity contribution in [3.05, 3.63) is 42.0 Å². The minimum atomic E-state index is -0.445. The highest BCUT2D eigenvalue weighted by atomic mass is 16.6. The normalized spacial score (nSPS) is 10.1. The molecule has 0 aliphatic carbocycles. The van der Waals surface area contributed by atoms with Crippen LogP contribution in [0.15, 0.2) is 36.4 Å². The van der Waals surface area contributed by atoms with Gasteiger partial charge in [0.2, 0.25) is 0 Å². The number of rotatable bonds is 1. The van der Waals surface area contributed by atoms with E-state index in [1.807, 2.05) is 43.3 Å². The number of nitrogens with one attached hydrogen (secondary N) is 1. The highest BCUT2D eigenvalue weighted by Crippen LogP contribution is 2.29. The minimum absolute atomic E-state index is 0.445. The Morgan fingerprint density at radius 2 is 1.94 bits per heavy atom. The third-order valence-electron chi connectivity index (χ3n) is 2.48. The Labute approximate surface area is 94.0 Å². The average molecular weight is 215 g/mol. The second-order valence-corrected chi connectivity index (χ2v) is 3.57. The molecule has 0 radical (unpaired) electrons. The number of aryl methyl sites for hydroxylation is 1. The van der Waals surface area contributed by atoms with Gasteiger partial charge in [-0.3, -0.25) is 0 Å². The molecule has 3 heteroatoms. The maximum Gasteiger partial charge on any atom is 0.412 e. The molecule has 0 saturated heterocycles. The molecule has 0 heterocycles. The van der Waals surface area contributed by atoms with Gasteiger partial charge in [-0.05, 0) is 17.9 Å². The molecule has 0 saturated carbocycles. The third-order valence-corrected chi connectivity index (χ3v) is 2.48. The minimum Gasteiger partial charge on any atom is -0.409 e. The molecule has 0 atom stereocenters. The number of hydrogen-bond acceptors (Lipinski definition) is 2. The Morgan fingerprint density at radius 3 is 2.69 bits per heavy atom. The van der Waals surface area contributed by atoms with Crippen LogP contribution in [0.1, 0.15) is 5.56 Å². The SMILES string of the molecule is CNC(=O)Oc1c(C)ccc2ccccc12. The van der Waals surface area contributed by atoms with Gasteiger partial charge in [0.15, 0.2) is 0 Å². The lowest BCUT2D eigenvalue weighted by Gasteiger charge is -2.10. The molecule has 1 N–H and O–H groups in total. The summed E-state index contributed by atoms with van der Waals surface area (Å²) in [7, 11) is 1.54. The second kappa shape index (κ2) is 4.23. The van der Waals surface area contributed by atoms with Gasteiger partial charge in [0, 0.05) is 12.4 Å². The van der Waals surface area contributed by atoms with Gasteiger partial charge in [0.25, 0.3) is 0 Å². The van der Waals surface area contributed by atoms with E-state index in [1.165, 1.54) is 0 Å². The first-order valence-electron chi connectivity index (χ1n) is 5.10. The van der Waals surface area contributed by atoms with Crippen LogP contribution in [0, 0.1) is 6.92 Å². The predicted molar refractivity (Wildman–Crippen MR) is 63.8 cm³/mol. The molecular weight excluding hydrogens is 202 g/mol. The Kier molecular flexibility index (Phi) is 2.77. The Bertz CT molecular complexity index is 534. The van der Waals surface area contributed by atoms with Crippen LogP contribution in [-0.4, -0.2) is 13.1 Å². The number of carbonyl (C=O) groups is 1. The molecule has 1 amide bonds. The summed E-state index contributed by atoms with van der Waals surface area (Å²) in [6.07, 6.45) is -0.445. The van der Waals surface area contributed by atoms with Gasteiger partial charge in [0.05, 0.1) is 0 Å². The van der Waals surface area contributed by atoms with Gasteiger partial charge in [-0.1, -0.05) is 36.4 Å². The zero-order valence-corrected chi connectivity index (χ0v) is 9.28. The van der Waals surface area contributed by atoms with E-state index in [2.05, 4.69) is 5.32 Å². The van der Waals surface area contributed by atoms with E-state index in [4.69, 9.17) is 4.74 Å². The summed E-state index contributed by atoms with van der Waals surface area (Å²) in [6.45, 7) is 1.92. The van der Waals surface area contributed by atoms with E-state index in [1.54, 1.807) is 7.05 Å². The lowest BCUT2D eigenvalue weighted by Crippen LogP contribution is -2.22. The molecule has 2 rings (SSSR count). The quantitative estimate of drug-likeness (QED) is 0.794. The number of carbonyl (C=O) groups excluding carboxylic acids is 1. The number of amides is 1. The van der Waals surface area contributed by atoms with Gasteiger partial charge in [-0.2, -0.15) is 0 Å². The summed E-state index contributed by atoms with van der Waals surface area (Å²) in [5.74, 6) is 0.623. The van der Waals surface area contributed by atoms with Crippen LogP contribution >= 0.6 is 0 Å². The Balaban J connectivity index is 2.57. The summed E-state index contributed by atoms with van der Waals surface area (Å²) in [4.78, 5) is 11.2. The smallest absolute Gasteiger partial charge is 0.409 e. The molecule has 82 valence electrons. The van der Waals surface area contributed by atoms with Crippen molar-refractivity contribution in [2.45, 2.75) is 6.92 Å². The molecule has 0 aliphatic heterocycles. The fraction of sp³-hybridized carbons (Fsp3) is 0.154. The predicted octanol–water partition coefficient (Wildman–Crippen LogP) is 2.87. The van der Waals surface area contributed by atoms with Crippen molar-refractivity contribution in [1.29, 1.82) is 0 Å². The van der Waals surface area contributed by atoms with Gasteiger partial charge >= 0.3 is 6.09 Å². The van der Waals surface area contributed by atoms with Gasteiger partial charge in [-0.15, -0.1) is 0 Å². The fourth-order valence-corrected chi connectivity index (χ4v) is 1.63. The van der Waals surface area contributed by atoms with Crippen molar-refractivity contribution in [3.63, 3.8) is 0 Å². The van der Waals surface area contributed by atoms with Crippen LogP contribution in [0.2, 0.25) is 0 Å². The Hall–Kier alpha value is -2.03. The van der Waals surface area contributed by atoms with E-state index in [0.29, 0.717) is 5.75 Å². The lowest BCUT2D eigenvalue weighted by atomic mass is 10.1. The maximum atomic E-state index is 11.2. The van der Waals surface area contributed by atoms with E-state index in [-0.39, 0.29) is 0 Å². The van der Waals surface area contributed by atoms with Crippen LogP contribution in [-0.2, 0) is 0 Å². The van der Waals surface area contributed by atoms with Crippen molar-refractivity contribution in [2.24, 2.45) is 0 Å². The summed E-state index contributed by atoms with van der Waals surface area (Å²) in [5, 5.41) is 4.46. The van der Waals surface area contributed by atoms with Crippen LogP contribution in [0.5, 0.6) is 5.75 Å². The van der Waals surface area contributed by atoms with Crippen LogP contribution in [0.25, 0.3) is 10.8 Å². The molecule has 0 fully saturated rings.